The maximum atomic E-state index is 12.9. The van der Waals surface area contributed by atoms with Crippen molar-refractivity contribution in [3.05, 3.63) is 90.0 Å². The molecule has 1 heterocycles. The molecule has 1 amide bonds. The minimum Gasteiger partial charge on any atom is -0.478 e. The highest BCUT2D eigenvalue weighted by Crippen LogP contribution is 2.23. The first-order chi connectivity index (χ1) is 18.5. The topological polar surface area (TPSA) is 91.3 Å². The van der Waals surface area contributed by atoms with Gasteiger partial charge >= 0.3 is 5.97 Å². The zero-order valence-electron chi connectivity index (χ0n) is 21.7. The van der Waals surface area contributed by atoms with Gasteiger partial charge in [0.25, 0.3) is 0 Å². The summed E-state index contributed by atoms with van der Waals surface area (Å²) in [5.41, 5.74) is 2.13. The van der Waals surface area contributed by atoms with Crippen LogP contribution in [-0.4, -0.2) is 72.7 Å². The van der Waals surface area contributed by atoms with E-state index in [4.69, 9.17) is 14.6 Å². The number of carboxylic acid groups (broad SMARTS) is 1. The number of nitrogens with zero attached hydrogens (tertiary/aromatic N) is 2. The molecule has 0 unspecified atom stereocenters. The van der Waals surface area contributed by atoms with Crippen LogP contribution in [0.3, 0.4) is 0 Å². The Kier molecular flexibility index (Phi) is 9.86. The summed E-state index contributed by atoms with van der Waals surface area (Å²) in [5.74, 6) is 0.506. The van der Waals surface area contributed by atoms with Crippen molar-refractivity contribution in [1.82, 2.24) is 9.80 Å². The molecular formula is C30H35N3O5. The predicted molar refractivity (Wildman–Crippen MR) is 147 cm³/mol. The van der Waals surface area contributed by atoms with Crippen molar-refractivity contribution in [2.75, 3.05) is 45.2 Å². The largest absolute Gasteiger partial charge is 0.478 e. The van der Waals surface area contributed by atoms with Gasteiger partial charge in [0.15, 0.2) is 0 Å². The molecule has 38 heavy (non-hydrogen) atoms. The molecule has 2 N–H and O–H groups in total. The first kappa shape index (κ1) is 27.3. The van der Waals surface area contributed by atoms with Crippen LogP contribution in [0.4, 0.5) is 5.69 Å². The van der Waals surface area contributed by atoms with Gasteiger partial charge < -0.3 is 19.9 Å². The molecule has 0 aliphatic carbocycles. The molecule has 1 saturated heterocycles. The molecular weight excluding hydrogens is 482 g/mol. The van der Waals surface area contributed by atoms with Gasteiger partial charge in [0, 0.05) is 31.9 Å². The number of anilines is 1. The Balaban J connectivity index is 1.27. The Morgan fingerprint density at radius 2 is 1.61 bits per heavy atom. The highest BCUT2D eigenvalue weighted by Gasteiger charge is 2.26. The molecule has 0 saturated carbocycles. The fourth-order valence-electron chi connectivity index (χ4n) is 4.67. The van der Waals surface area contributed by atoms with E-state index in [9.17, 15) is 9.59 Å². The monoisotopic (exact) mass is 517 g/mol. The number of carbonyl (C=O) groups excluding carboxylic acids is 1. The number of benzene rings is 3. The lowest BCUT2D eigenvalue weighted by Crippen LogP contribution is -2.48. The summed E-state index contributed by atoms with van der Waals surface area (Å²) >= 11 is 0. The van der Waals surface area contributed by atoms with E-state index in [1.807, 2.05) is 66.7 Å². The van der Waals surface area contributed by atoms with E-state index >= 15 is 0 Å². The Labute approximate surface area is 223 Å². The average Bonchev–Trinajstić information content (AvgIpc) is 2.93. The maximum absolute atomic E-state index is 12.9. The van der Waals surface area contributed by atoms with Crippen LogP contribution in [0, 0.1) is 0 Å². The molecule has 3 aromatic carbocycles. The molecule has 8 nitrogen and oxygen atoms in total. The molecule has 1 aliphatic heterocycles. The van der Waals surface area contributed by atoms with Gasteiger partial charge in [-0.25, -0.2) is 4.79 Å². The van der Waals surface area contributed by atoms with E-state index in [-0.39, 0.29) is 5.91 Å². The lowest BCUT2D eigenvalue weighted by Gasteiger charge is -2.38. The summed E-state index contributed by atoms with van der Waals surface area (Å²) in [5, 5.41) is 12.1. The zero-order valence-corrected chi connectivity index (χ0v) is 21.7. The quantitative estimate of drug-likeness (QED) is 0.359. The number of likely N-dealkylation sites (tertiary alicyclic amines) is 1. The number of hydrogen-bond donors (Lipinski definition) is 2. The molecule has 1 aliphatic rings. The lowest BCUT2D eigenvalue weighted by atomic mass is 10.0. The first-order valence-corrected chi connectivity index (χ1v) is 12.9. The summed E-state index contributed by atoms with van der Waals surface area (Å²) in [7, 11) is 1.68. The van der Waals surface area contributed by atoms with Crippen LogP contribution < -0.4 is 10.1 Å². The van der Waals surface area contributed by atoms with Crippen molar-refractivity contribution in [2.45, 2.75) is 25.4 Å². The van der Waals surface area contributed by atoms with Crippen molar-refractivity contribution in [3.63, 3.8) is 0 Å². The number of carboxylic acids is 1. The van der Waals surface area contributed by atoms with E-state index < -0.39 is 5.97 Å². The van der Waals surface area contributed by atoms with Crippen molar-refractivity contribution in [1.29, 1.82) is 0 Å². The molecule has 8 heteroatoms. The molecule has 0 bridgehead atoms. The van der Waals surface area contributed by atoms with E-state index in [0.29, 0.717) is 37.1 Å². The number of para-hydroxylation sites is 1. The van der Waals surface area contributed by atoms with Crippen molar-refractivity contribution < 1.29 is 24.2 Å². The SMILES string of the molecule is COCCN(CC(=O)Nc1ccc(Oc2ccccc2)cc1)C1CCN(Cc2ccc(C(=O)O)cc2)CC1. The van der Waals surface area contributed by atoms with Crippen LogP contribution in [0.5, 0.6) is 11.5 Å². The van der Waals surface area contributed by atoms with E-state index in [0.717, 1.165) is 49.5 Å². The highest BCUT2D eigenvalue weighted by atomic mass is 16.5. The third kappa shape index (κ3) is 8.14. The summed E-state index contributed by atoms with van der Waals surface area (Å²) in [6, 6.07) is 24.3. The second kappa shape index (κ2) is 13.7. The van der Waals surface area contributed by atoms with Crippen molar-refractivity contribution in [3.8, 4) is 11.5 Å². The van der Waals surface area contributed by atoms with Gasteiger partial charge in [-0.1, -0.05) is 30.3 Å². The molecule has 200 valence electrons. The van der Waals surface area contributed by atoms with Crippen LogP contribution in [0.25, 0.3) is 0 Å². The summed E-state index contributed by atoms with van der Waals surface area (Å²) in [4.78, 5) is 28.6. The number of aromatic carboxylic acids is 1. The maximum Gasteiger partial charge on any atom is 0.335 e. The van der Waals surface area contributed by atoms with Crippen LogP contribution in [0.15, 0.2) is 78.9 Å². The van der Waals surface area contributed by atoms with Gasteiger partial charge in [0.2, 0.25) is 5.91 Å². The number of hydrogen-bond acceptors (Lipinski definition) is 6. The molecule has 0 spiro atoms. The van der Waals surface area contributed by atoms with Crippen LogP contribution in [0.1, 0.15) is 28.8 Å². The molecule has 4 rings (SSSR count). The number of rotatable bonds is 12. The number of ether oxygens (including phenoxy) is 2. The number of methoxy groups -OCH3 is 1. The fourth-order valence-corrected chi connectivity index (χ4v) is 4.67. The Morgan fingerprint density at radius 3 is 2.24 bits per heavy atom. The number of carbonyl (C=O) groups is 2. The van der Waals surface area contributed by atoms with Gasteiger partial charge in [-0.15, -0.1) is 0 Å². The van der Waals surface area contributed by atoms with Gasteiger partial charge in [0.1, 0.15) is 11.5 Å². The smallest absolute Gasteiger partial charge is 0.335 e. The lowest BCUT2D eigenvalue weighted by molar-refractivity contribution is -0.118. The molecule has 0 atom stereocenters. The third-order valence-electron chi connectivity index (χ3n) is 6.73. The Hall–Kier alpha value is -3.72. The van der Waals surface area contributed by atoms with E-state index in [1.165, 1.54) is 0 Å². The normalized spacial score (nSPS) is 14.4. The summed E-state index contributed by atoms with van der Waals surface area (Å²) in [6.07, 6.45) is 1.91. The van der Waals surface area contributed by atoms with Gasteiger partial charge in [-0.2, -0.15) is 0 Å². The van der Waals surface area contributed by atoms with Crippen LogP contribution in [0.2, 0.25) is 0 Å². The summed E-state index contributed by atoms with van der Waals surface area (Å²) in [6.45, 7) is 4.17. The molecule has 0 aromatic heterocycles. The second-order valence-electron chi connectivity index (χ2n) is 9.46. The van der Waals surface area contributed by atoms with Crippen LogP contribution >= 0.6 is 0 Å². The van der Waals surface area contributed by atoms with E-state index in [1.54, 1.807) is 19.2 Å². The fraction of sp³-hybridized carbons (Fsp3) is 0.333. The molecule has 1 fully saturated rings. The van der Waals surface area contributed by atoms with Crippen LogP contribution in [-0.2, 0) is 16.1 Å². The minimum atomic E-state index is -0.911. The predicted octanol–water partition coefficient (Wildman–Crippen LogP) is 4.73. The van der Waals surface area contributed by atoms with Gasteiger partial charge in [-0.3, -0.25) is 14.6 Å². The molecule has 3 aromatic rings. The summed E-state index contributed by atoms with van der Waals surface area (Å²) < 4.78 is 11.1. The number of nitrogens with one attached hydrogen (secondary N) is 1. The Morgan fingerprint density at radius 1 is 0.947 bits per heavy atom. The third-order valence-corrected chi connectivity index (χ3v) is 6.73. The minimum absolute atomic E-state index is 0.0567. The average molecular weight is 518 g/mol. The highest BCUT2D eigenvalue weighted by molar-refractivity contribution is 5.92. The van der Waals surface area contributed by atoms with Crippen molar-refractivity contribution >= 4 is 17.6 Å². The standard InChI is InChI=1S/C30H35N3O5/c1-37-20-19-33(26-15-17-32(18-16-26)21-23-7-9-24(10-8-23)30(35)36)22-29(34)31-25-11-13-28(14-12-25)38-27-5-3-2-4-6-27/h2-14,26H,15-22H2,1H3,(H,31,34)(H,35,36). The number of piperidine rings is 1. The Bertz CT molecular complexity index is 1160. The first-order valence-electron chi connectivity index (χ1n) is 12.9. The second-order valence-corrected chi connectivity index (χ2v) is 9.46. The zero-order chi connectivity index (χ0) is 26.7. The van der Waals surface area contributed by atoms with Gasteiger partial charge in [0.05, 0.1) is 18.7 Å². The molecule has 0 radical (unpaired) electrons. The van der Waals surface area contributed by atoms with Crippen molar-refractivity contribution in [2.24, 2.45) is 0 Å². The number of amides is 1. The van der Waals surface area contributed by atoms with E-state index in [2.05, 4.69) is 15.1 Å². The van der Waals surface area contributed by atoms with Gasteiger partial charge in [-0.05, 0) is 80.0 Å².